The molecular weight excluding hydrogens is 398 g/mol. The van der Waals surface area contributed by atoms with Crippen molar-refractivity contribution in [1.82, 2.24) is 10.2 Å². The summed E-state index contributed by atoms with van der Waals surface area (Å²) in [4.78, 5) is 25.8. The lowest BCUT2D eigenvalue weighted by Gasteiger charge is -2.27. The van der Waals surface area contributed by atoms with Gasteiger partial charge in [0, 0.05) is 18.7 Å². The van der Waals surface area contributed by atoms with E-state index in [1.54, 1.807) is 31.4 Å². The average molecular weight is 428 g/mol. The lowest BCUT2D eigenvalue weighted by Crippen LogP contribution is -2.48. The quantitative estimate of drug-likeness (QED) is 0.585. The van der Waals surface area contributed by atoms with Gasteiger partial charge in [-0.2, -0.15) is 0 Å². The molecule has 1 aliphatic heterocycles. The number of hydrogen-bond donors (Lipinski definition) is 3. The van der Waals surface area contributed by atoms with Crippen molar-refractivity contribution in [1.29, 1.82) is 0 Å². The molecule has 0 aromatic heterocycles. The predicted molar refractivity (Wildman–Crippen MR) is 116 cm³/mol. The second-order valence-corrected chi connectivity index (χ2v) is 7.65. The Hall–Kier alpha value is -3.10. The van der Waals surface area contributed by atoms with Crippen molar-refractivity contribution in [3.05, 3.63) is 59.7 Å². The van der Waals surface area contributed by atoms with E-state index in [1.165, 1.54) is 0 Å². The third-order valence-electron chi connectivity index (χ3n) is 5.27. The van der Waals surface area contributed by atoms with E-state index < -0.39 is 12.0 Å². The number of methoxy groups -OCH3 is 1. The summed E-state index contributed by atoms with van der Waals surface area (Å²) >= 11 is 0. The highest BCUT2D eigenvalue weighted by atomic mass is 16.5. The van der Waals surface area contributed by atoms with Gasteiger partial charge in [-0.25, -0.2) is 0 Å². The fraction of sp³-hybridized carbons (Fsp3) is 0.391. The highest BCUT2D eigenvalue weighted by Crippen LogP contribution is 2.18. The molecule has 1 heterocycles. The van der Waals surface area contributed by atoms with Crippen LogP contribution in [0.2, 0.25) is 0 Å². The van der Waals surface area contributed by atoms with Crippen LogP contribution in [0.15, 0.2) is 48.5 Å². The van der Waals surface area contributed by atoms with Crippen molar-refractivity contribution < 1.29 is 24.2 Å². The lowest BCUT2D eigenvalue weighted by atomic mass is 10.1. The average Bonchev–Trinajstić information content (AvgIpc) is 2.94. The van der Waals surface area contributed by atoms with Crippen LogP contribution in [-0.2, 0) is 11.3 Å². The Morgan fingerprint density at radius 3 is 2.45 bits per heavy atom. The SMILES string of the molecule is COc1ccc(CN2CCC[C@@H](O)[C@H](NC(=O)c3ccc(OCC(N)=O)cc3)C2)cc1. The van der Waals surface area contributed by atoms with E-state index in [0.29, 0.717) is 24.3 Å². The van der Waals surface area contributed by atoms with E-state index in [1.807, 2.05) is 24.3 Å². The first-order valence-electron chi connectivity index (χ1n) is 10.3. The number of benzene rings is 2. The Bertz CT molecular complexity index is 870. The minimum atomic E-state index is -0.608. The number of carbonyl (C=O) groups excluding carboxylic acids is 2. The summed E-state index contributed by atoms with van der Waals surface area (Å²) < 4.78 is 10.4. The molecule has 4 N–H and O–H groups in total. The van der Waals surface area contributed by atoms with Gasteiger partial charge >= 0.3 is 0 Å². The molecule has 2 aromatic rings. The van der Waals surface area contributed by atoms with Crippen LogP contribution in [0.5, 0.6) is 11.5 Å². The van der Waals surface area contributed by atoms with Crippen LogP contribution in [0.1, 0.15) is 28.8 Å². The first kappa shape index (κ1) is 22.6. The number of primary amides is 1. The molecule has 0 aliphatic carbocycles. The number of nitrogens with zero attached hydrogens (tertiary/aromatic N) is 1. The molecule has 0 spiro atoms. The van der Waals surface area contributed by atoms with E-state index >= 15 is 0 Å². The molecule has 166 valence electrons. The zero-order valence-corrected chi connectivity index (χ0v) is 17.6. The van der Waals surface area contributed by atoms with Crippen LogP contribution in [0.3, 0.4) is 0 Å². The fourth-order valence-electron chi connectivity index (χ4n) is 3.60. The molecule has 8 heteroatoms. The first-order chi connectivity index (χ1) is 14.9. The zero-order chi connectivity index (χ0) is 22.2. The molecule has 0 radical (unpaired) electrons. The second-order valence-electron chi connectivity index (χ2n) is 7.65. The van der Waals surface area contributed by atoms with Crippen LogP contribution < -0.4 is 20.5 Å². The summed E-state index contributed by atoms with van der Waals surface area (Å²) in [5.41, 5.74) is 6.66. The summed E-state index contributed by atoms with van der Waals surface area (Å²) in [5, 5.41) is 13.5. The molecule has 1 fully saturated rings. The van der Waals surface area contributed by atoms with Crippen molar-refractivity contribution in [2.24, 2.45) is 5.73 Å². The summed E-state index contributed by atoms with van der Waals surface area (Å²) in [6, 6.07) is 14.0. The van der Waals surface area contributed by atoms with Crippen molar-refractivity contribution in [2.75, 3.05) is 26.8 Å². The number of nitrogens with one attached hydrogen (secondary N) is 1. The topological polar surface area (TPSA) is 114 Å². The molecule has 2 aromatic carbocycles. The van der Waals surface area contributed by atoms with E-state index in [0.717, 1.165) is 30.8 Å². The number of ether oxygens (including phenoxy) is 2. The fourth-order valence-corrected chi connectivity index (χ4v) is 3.60. The Morgan fingerprint density at radius 1 is 1.13 bits per heavy atom. The minimum Gasteiger partial charge on any atom is -0.497 e. The number of likely N-dealkylation sites (tertiary alicyclic amines) is 1. The molecule has 1 aliphatic rings. The van der Waals surface area contributed by atoms with Gasteiger partial charge in [0.25, 0.3) is 11.8 Å². The van der Waals surface area contributed by atoms with Gasteiger partial charge in [0.05, 0.1) is 19.3 Å². The number of aliphatic hydroxyl groups is 1. The maximum atomic E-state index is 12.7. The Balaban J connectivity index is 1.60. The van der Waals surface area contributed by atoms with Gasteiger partial charge < -0.3 is 25.6 Å². The molecular formula is C23H29N3O5. The highest BCUT2D eigenvalue weighted by Gasteiger charge is 2.27. The molecule has 1 saturated heterocycles. The van der Waals surface area contributed by atoms with Gasteiger partial charge in [-0.15, -0.1) is 0 Å². The number of aliphatic hydroxyl groups excluding tert-OH is 1. The number of carbonyl (C=O) groups is 2. The van der Waals surface area contributed by atoms with Crippen LogP contribution in [-0.4, -0.2) is 60.8 Å². The Morgan fingerprint density at radius 2 is 1.81 bits per heavy atom. The number of rotatable bonds is 8. The third-order valence-corrected chi connectivity index (χ3v) is 5.27. The monoisotopic (exact) mass is 427 g/mol. The smallest absolute Gasteiger partial charge is 0.255 e. The lowest BCUT2D eigenvalue weighted by molar-refractivity contribution is -0.119. The summed E-state index contributed by atoms with van der Waals surface area (Å²) in [7, 11) is 1.64. The van der Waals surface area contributed by atoms with Crippen LogP contribution in [0.25, 0.3) is 0 Å². The number of amides is 2. The Labute approximate surface area is 181 Å². The summed E-state index contributed by atoms with van der Waals surface area (Å²) in [5.74, 6) is 0.432. The standard InChI is InChI=1S/C23H29N3O5/c1-30-18-8-4-16(5-9-18)13-26-12-2-3-21(27)20(14-26)25-23(29)17-6-10-19(11-7-17)31-15-22(24)28/h4-11,20-21,27H,2-3,12-15H2,1H3,(H2,24,28)(H,25,29)/t20-,21-/m1/s1. The largest absolute Gasteiger partial charge is 0.497 e. The van der Waals surface area contributed by atoms with Crippen molar-refractivity contribution >= 4 is 11.8 Å². The highest BCUT2D eigenvalue weighted by molar-refractivity contribution is 5.94. The minimum absolute atomic E-state index is 0.218. The van der Waals surface area contributed by atoms with Crippen LogP contribution >= 0.6 is 0 Å². The summed E-state index contributed by atoms with van der Waals surface area (Å²) in [6.45, 7) is 1.92. The molecule has 0 unspecified atom stereocenters. The normalized spacial score (nSPS) is 19.3. The molecule has 31 heavy (non-hydrogen) atoms. The second kappa shape index (κ2) is 10.8. The molecule has 0 bridgehead atoms. The number of hydrogen-bond acceptors (Lipinski definition) is 6. The van der Waals surface area contributed by atoms with Gasteiger partial charge in [0.15, 0.2) is 6.61 Å². The Kier molecular flexibility index (Phi) is 7.86. The van der Waals surface area contributed by atoms with Gasteiger partial charge in [-0.3, -0.25) is 14.5 Å². The van der Waals surface area contributed by atoms with Gasteiger partial charge in [0.1, 0.15) is 11.5 Å². The van der Waals surface area contributed by atoms with Crippen molar-refractivity contribution in [3.63, 3.8) is 0 Å². The van der Waals surface area contributed by atoms with Crippen molar-refractivity contribution in [2.45, 2.75) is 31.5 Å². The zero-order valence-electron chi connectivity index (χ0n) is 17.6. The van der Waals surface area contributed by atoms with Gasteiger partial charge in [0.2, 0.25) is 0 Å². The third kappa shape index (κ3) is 6.70. The van der Waals surface area contributed by atoms with E-state index in [4.69, 9.17) is 15.2 Å². The maximum absolute atomic E-state index is 12.7. The molecule has 2 amide bonds. The first-order valence-corrected chi connectivity index (χ1v) is 10.3. The van der Waals surface area contributed by atoms with Gasteiger partial charge in [-0.1, -0.05) is 12.1 Å². The van der Waals surface area contributed by atoms with Crippen molar-refractivity contribution in [3.8, 4) is 11.5 Å². The van der Waals surface area contributed by atoms with Crippen LogP contribution in [0.4, 0.5) is 0 Å². The molecule has 2 atom stereocenters. The van der Waals surface area contributed by atoms with E-state index in [9.17, 15) is 14.7 Å². The predicted octanol–water partition coefficient (Wildman–Crippen LogP) is 1.31. The molecule has 3 rings (SSSR count). The molecule has 8 nitrogen and oxygen atoms in total. The summed E-state index contributed by atoms with van der Waals surface area (Å²) in [6.07, 6.45) is 0.877. The van der Waals surface area contributed by atoms with E-state index in [-0.39, 0.29) is 18.6 Å². The van der Waals surface area contributed by atoms with E-state index in [2.05, 4.69) is 10.2 Å². The van der Waals surface area contributed by atoms with Gasteiger partial charge in [-0.05, 0) is 61.3 Å². The molecule has 0 saturated carbocycles. The van der Waals surface area contributed by atoms with Crippen LogP contribution in [0, 0.1) is 0 Å². The number of nitrogens with two attached hydrogens (primary N) is 1. The maximum Gasteiger partial charge on any atom is 0.255 e.